The number of halogens is 2. The molecule has 0 bridgehead atoms. The first-order valence-corrected chi connectivity index (χ1v) is 6.34. The third-order valence-corrected chi connectivity index (χ3v) is 3.04. The molecule has 2 amide bonds. The van der Waals surface area contributed by atoms with Crippen molar-refractivity contribution in [3.63, 3.8) is 0 Å². The Labute approximate surface area is 114 Å². The number of benzene rings is 1. The second kappa shape index (κ2) is 6.70. The van der Waals surface area contributed by atoms with Crippen molar-refractivity contribution in [2.75, 3.05) is 18.9 Å². The molecule has 4 nitrogen and oxygen atoms in total. The zero-order valence-electron chi connectivity index (χ0n) is 10.3. The number of carbonyl (C=O) groups is 1. The minimum absolute atomic E-state index is 0.336. The van der Waals surface area contributed by atoms with Gasteiger partial charge in [-0.2, -0.15) is 0 Å². The Morgan fingerprint density at radius 3 is 2.83 bits per heavy atom. The van der Waals surface area contributed by atoms with E-state index >= 15 is 0 Å². The van der Waals surface area contributed by atoms with Crippen LogP contribution in [0, 0.1) is 5.82 Å². The second-order valence-electron chi connectivity index (χ2n) is 4.12. The van der Waals surface area contributed by atoms with Crippen molar-refractivity contribution >= 4 is 27.6 Å². The fourth-order valence-electron chi connectivity index (χ4n) is 1.27. The maximum atomic E-state index is 13.2. The van der Waals surface area contributed by atoms with E-state index in [2.05, 4.69) is 21.2 Å². The lowest BCUT2D eigenvalue weighted by Crippen LogP contribution is -2.33. The van der Waals surface area contributed by atoms with Crippen LogP contribution in [0.5, 0.6) is 0 Å². The summed E-state index contributed by atoms with van der Waals surface area (Å²) in [5.74, 6) is -0.431. The first-order valence-electron chi connectivity index (χ1n) is 5.55. The molecular weight excluding hydrogens is 303 g/mol. The molecule has 100 valence electrons. The molecule has 1 atom stereocenters. The van der Waals surface area contributed by atoms with Crippen molar-refractivity contribution < 1.29 is 14.3 Å². The highest BCUT2D eigenvalue weighted by atomic mass is 79.9. The number of hydrogen-bond donors (Lipinski definition) is 2. The van der Waals surface area contributed by atoms with Crippen LogP contribution in [-0.4, -0.2) is 35.7 Å². The molecular formula is C12H16BrFN2O2. The molecule has 0 aliphatic carbocycles. The van der Waals surface area contributed by atoms with Crippen molar-refractivity contribution in [2.24, 2.45) is 0 Å². The number of aliphatic hydroxyl groups is 1. The van der Waals surface area contributed by atoms with E-state index in [0.29, 0.717) is 23.1 Å². The van der Waals surface area contributed by atoms with E-state index in [1.54, 1.807) is 20.0 Å². The van der Waals surface area contributed by atoms with Gasteiger partial charge in [0.15, 0.2) is 0 Å². The third-order valence-electron chi connectivity index (χ3n) is 2.40. The summed E-state index contributed by atoms with van der Waals surface area (Å²) >= 11 is 3.04. The monoisotopic (exact) mass is 318 g/mol. The van der Waals surface area contributed by atoms with Gasteiger partial charge in [-0.25, -0.2) is 9.18 Å². The molecule has 18 heavy (non-hydrogen) atoms. The SMILES string of the molecule is CC(O)CCN(C)C(=O)Nc1ccc(Br)c(F)c1. The van der Waals surface area contributed by atoms with Gasteiger partial charge in [0.25, 0.3) is 0 Å². The maximum Gasteiger partial charge on any atom is 0.321 e. The lowest BCUT2D eigenvalue weighted by atomic mass is 10.3. The summed E-state index contributed by atoms with van der Waals surface area (Å²) in [7, 11) is 1.62. The van der Waals surface area contributed by atoms with E-state index in [9.17, 15) is 9.18 Å². The number of urea groups is 1. The second-order valence-corrected chi connectivity index (χ2v) is 4.97. The van der Waals surface area contributed by atoms with Gasteiger partial charge in [0.1, 0.15) is 5.82 Å². The highest BCUT2D eigenvalue weighted by Gasteiger charge is 2.10. The zero-order valence-corrected chi connectivity index (χ0v) is 11.9. The molecule has 0 aliphatic heterocycles. The van der Waals surface area contributed by atoms with Crippen molar-refractivity contribution in [1.29, 1.82) is 0 Å². The number of carbonyl (C=O) groups excluding carboxylic acids is 1. The standard InChI is InChI=1S/C12H16BrFN2O2/c1-8(17)5-6-16(2)12(18)15-9-3-4-10(13)11(14)7-9/h3-4,7-8,17H,5-6H2,1-2H3,(H,15,18). The number of nitrogens with zero attached hydrogens (tertiary/aromatic N) is 1. The van der Waals surface area contributed by atoms with Crippen LogP contribution in [0.2, 0.25) is 0 Å². The molecule has 0 radical (unpaired) electrons. The van der Waals surface area contributed by atoms with Crippen LogP contribution in [0.15, 0.2) is 22.7 Å². The van der Waals surface area contributed by atoms with Crippen molar-refractivity contribution in [1.82, 2.24) is 4.90 Å². The summed E-state index contributed by atoms with van der Waals surface area (Å²) in [6, 6.07) is 4.04. The summed E-state index contributed by atoms with van der Waals surface area (Å²) in [5.41, 5.74) is 0.393. The smallest absolute Gasteiger partial charge is 0.321 e. The average molecular weight is 319 g/mol. The quantitative estimate of drug-likeness (QED) is 0.897. The number of amides is 2. The largest absolute Gasteiger partial charge is 0.393 e. The number of anilines is 1. The molecule has 2 N–H and O–H groups in total. The van der Waals surface area contributed by atoms with Gasteiger partial charge in [-0.05, 0) is 47.5 Å². The van der Waals surface area contributed by atoms with E-state index < -0.39 is 11.9 Å². The van der Waals surface area contributed by atoms with Crippen molar-refractivity contribution in [2.45, 2.75) is 19.4 Å². The fraction of sp³-hybridized carbons (Fsp3) is 0.417. The summed E-state index contributed by atoms with van der Waals surface area (Å²) in [5, 5.41) is 11.7. The van der Waals surface area contributed by atoms with Crippen LogP contribution in [0.3, 0.4) is 0 Å². The Kier molecular flexibility index (Phi) is 5.55. The van der Waals surface area contributed by atoms with Gasteiger partial charge >= 0.3 is 6.03 Å². The fourth-order valence-corrected chi connectivity index (χ4v) is 1.52. The van der Waals surface area contributed by atoms with E-state index in [0.717, 1.165) is 0 Å². The van der Waals surface area contributed by atoms with Gasteiger partial charge in [-0.15, -0.1) is 0 Å². The Morgan fingerprint density at radius 2 is 2.28 bits per heavy atom. The van der Waals surface area contributed by atoms with E-state index in [4.69, 9.17) is 5.11 Å². The van der Waals surface area contributed by atoms with Crippen LogP contribution in [0.4, 0.5) is 14.9 Å². The zero-order chi connectivity index (χ0) is 13.7. The number of hydrogen-bond acceptors (Lipinski definition) is 2. The topological polar surface area (TPSA) is 52.6 Å². The van der Waals surface area contributed by atoms with Gasteiger partial charge in [-0.1, -0.05) is 0 Å². The van der Waals surface area contributed by atoms with Crippen LogP contribution in [0.1, 0.15) is 13.3 Å². The van der Waals surface area contributed by atoms with Crippen LogP contribution >= 0.6 is 15.9 Å². The lowest BCUT2D eigenvalue weighted by molar-refractivity contribution is 0.167. The summed E-state index contributed by atoms with van der Waals surface area (Å²) < 4.78 is 13.6. The Balaban J connectivity index is 2.55. The summed E-state index contributed by atoms with van der Waals surface area (Å²) in [4.78, 5) is 13.2. The predicted molar refractivity (Wildman–Crippen MR) is 72.0 cm³/mol. The van der Waals surface area contributed by atoms with Gasteiger partial charge in [0, 0.05) is 19.3 Å². The number of aliphatic hydroxyl groups excluding tert-OH is 1. The molecule has 1 unspecified atom stereocenters. The van der Waals surface area contributed by atoms with Gasteiger partial charge in [0.05, 0.1) is 10.6 Å². The molecule has 0 saturated carbocycles. The summed E-state index contributed by atoms with van der Waals surface area (Å²) in [6.07, 6.45) is 0.0453. The highest BCUT2D eigenvalue weighted by molar-refractivity contribution is 9.10. The maximum absolute atomic E-state index is 13.2. The number of nitrogens with one attached hydrogen (secondary N) is 1. The lowest BCUT2D eigenvalue weighted by Gasteiger charge is -2.18. The molecule has 0 aromatic heterocycles. The molecule has 1 aromatic rings. The molecule has 1 rings (SSSR count). The Morgan fingerprint density at radius 1 is 1.61 bits per heavy atom. The van der Waals surface area contributed by atoms with Gasteiger partial charge in [-0.3, -0.25) is 0 Å². The molecule has 0 fully saturated rings. The Bertz CT molecular complexity index is 427. The van der Waals surface area contributed by atoms with Crippen molar-refractivity contribution in [3.05, 3.63) is 28.5 Å². The normalized spacial score (nSPS) is 12.1. The van der Waals surface area contributed by atoms with Crippen LogP contribution < -0.4 is 5.32 Å². The first kappa shape index (κ1) is 14.9. The molecule has 0 saturated heterocycles. The van der Waals surface area contributed by atoms with E-state index in [-0.39, 0.29) is 6.03 Å². The van der Waals surface area contributed by atoms with Gasteiger partial charge in [0.2, 0.25) is 0 Å². The first-order chi connectivity index (χ1) is 8.40. The minimum Gasteiger partial charge on any atom is -0.393 e. The van der Waals surface area contributed by atoms with Crippen LogP contribution in [-0.2, 0) is 0 Å². The Hall–Kier alpha value is -1.14. The molecule has 0 spiro atoms. The molecule has 1 aromatic carbocycles. The summed E-state index contributed by atoms with van der Waals surface area (Å²) in [6.45, 7) is 2.10. The van der Waals surface area contributed by atoms with Gasteiger partial charge < -0.3 is 15.3 Å². The third kappa shape index (κ3) is 4.62. The van der Waals surface area contributed by atoms with Crippen molar-refractivity contribution in [3.8, 4) is 0 Å². The van der Waals surface area contributed by atoms with E-state index in [1.165, 1.54) is 17.0 Å². The van der Waals surface area contributed by atoms with Crippen LogP contribution in [0.25, 0.3) is 0 Å². The predicted octanol–water partition coefficient (Wildman–Crippen LogP) is 2.82. The molecule has 0 heterocycles. The average Bonchev–Trinajstić information content (AvgIpc) is 2.30. The molecule has 0 aliphatic rings. The number of rotatable bonds is 4. The molecule has 6 heteroatoms. The highest BCUT2D eigenvalue weighted by Crippen LogP contribution is 2.19. The van der Waals surface area contributed by atoms with E-state index in [1.807, 2.05) is 0 Å². The minimum atomic E-state index is -0.453.